The molecule has 3 rings (SSSR count). The van der Waals surface area contributed by atoms with Gasteiger partial charge in [-0.05, 0) is 55.2 Å². The van der Waals surface area contributed by atoms with Gasteiger partial charge >= 0.3 is 0 Å². The smallest absolute Gasteiger partial charge is 0.253 e. The van der Waals surface area contributed by atoms with E-state index in [4.69, 9.17) is 0 Å². The van der Waals surface area contributed by atoms with Crippen molar-refractivity contribution in [3.05, 3.63) is 103 Å². The second-order valence-corrected chi connectivity index (χ2v) is 7.34. The first-order valence-electron chi connectivity index (χ1n) is 9.58. The number of aromatic amines is 1. The third-order valence-electron chi connectivity index (χ3n) is 5.03. The largest absolute Gasteiger partial charge is 0.348 e. The maximum atomic E-state index is 12.5. The second kappa shape index (κ2) is 8.73. The zero-order valence-corrected chi connectivity index (χ0v) is 16.9. The van der Waals surface area contributed by atoms with E-state index in [1.54, 1.807) is 35.0 Å². The molecule has 29 heavy (non-hydrogen) atoms. The van der Waals surface area contributed by atoms with E-state index in [1.807, 2.05) is 45.0 Å². The van der Waals surface area contributed by atoms with Crippen LogP contribution in [0.2, 0.25) is 0 Å². The van der Waals surface area contributed by atoms with Crippen LogP contribution in [-0.2, 0) is 13.1 Å². The van der Waals surface area contributed by atoms with Gasteiger partial charge in [-0.3, -0.25) is 14.4 Å². The summed E-state index contributed by atoms with van der Waals surface area (Å²) in [7, 11) is 0. The number of nitrogens with one attached hydrogen (secondary N) is 2. The quantitative estimate of drug-likeness (QED) is 0.678. The van der Waals surface area contributed by atoms with Crippen LogP contribution in [0, 0.1) is 13.8 Å². The molecule has 2 heterocycles. The third-order valence-corrected chi connectivity index (χ3v) is 5.03. The van der Waals surface area contributed by atoms with E-state index in [1.165, 1.54) is 0 Å². The van der Waals surface area contributed by atoms with Crippen molar-refractivity contribution < 1.29 is 4.79 Å². The summed E-state index contributed by atoms with van der Waals surface area (Å²) in [6, 6.07) is 14.3. The number of amides is 1. The lowest BCUT2D eigenvalue weighted by atomic mass is 9.99. The van der Waals surface area contributed by atoms with Crippen LogP contribution in [0.4, 0.5) is 0 Å². The van der Waals surface area contributed by atoms with Gasteiger partial charge in [0.25, 0.3) is 17.0 Å². The van der Waals surface area contributed by atoms with E-state index in [-0.39, 0.29) is 29.5 Å². The molecule has 6 heteroatoms. The summed E-state index contributed by atoms with van der Waals surface area (Å²) in [5.74, 6) is -0.108. The number of hydrogen-bond donors (Lipinski definition) is 2. The van der Waals surface area contributed by atoms with Crippen LogP contribution in [-0.4, -0.2) is 15.5 Å². The van der Waals surface area contributed by atoms with E-state index < -0.39 is 0 Å². The van der Waals surface area contributed by atoms with Crippen molar-refractivity contribution in [2.45, 2.75) is 39.8 Å². The molecule has 0 saturated carbocycles. The molecular formula is C23H25N3O3. The minimum absolute atomic E-state index is 0.0308. The van der Waals surface area contributed by atoms with Crippen LogP contribution in [0.3, 0.4) is 0 Å². The van der Waals surface area contributed by atoms with Gasteiger partial charge in [-0.1, -0.05) is 25.1 Å². The number of rotatable bonds is 6. The van der Waals surface area contributed by atoms with Crippen molar-refractivity contribution in [3.63, 3.8) is 0 Å². The van der Waals surface area contributed by atoms with Gasteiger partial charge in [0.2, 0.25) is 0 Å². The molecule has 0 aliphatic carbocycles. The normalized spacial score (nSPS) is 11.8. The average Bonchev–Trinajstić information content (AvgIpc) is 2.69. The van der Waals surface area contributed by atoms with Gasteiger partial charge < -0.3 is 14.9 Å². The fourth-order valence-corrected chi connectivity index (χ4v) is 3.35. The van der Waals surface area contributed by atoms with Crippen molar-refractivity contribution >= 4 is 5.91 Å². The van der Waals surface area contributed by atoms with Gasteiger partial charge in [0.1, 0.15) is 0 Å². The molecule has 2 aromatic heterocycles. The Morgan fingerprint density at radius 1 is 1.10 bits per heavy atom. The fraction of sp³-hybridized carbons (Fsp3) is 0.261. The molecule has 0 aliphatic rings. The van der Waals surface area contributed by atoms with Crippen molar-refractivity contribution in [3.8, 4) is 0 Å². The van der Waals surface area contributed by atoms with Crippen LogP contribution in [0.25, 0.3) is 0 Å². The molecule has 0 fully saturated rings. The number of hydrogen-bond acceptors (Lipinski definition) is 3. The highest BCUT2D eigenvalue weighted by atomic mass is 16.2. The molecule has 0 radical (unpaired) electrons. The molecule has 6 nitrogen and oxygen atoms in total. The van der Waals surface area contributed by atoms with E-state index in [9.17, 15) is 14.4 Å². The maximum absolute atomic E-state index is 12.5. The SMILES string of the molecule is Cc1cc(C)c(CNC(=O)c2ccc(C(C)Cn3ccccc3=O)cc2)c(=O)[nH]1. The number of carbonyl (C=O) groups is 1. The molecule has 1 amide bonds. The zero-order chi connectivity index (χ0) is 21.0. The van der Waals surface area contributed by atoms with Gasteiger partial charge in [-0.25, -0.2) is 0 Å². The Bertz CT molecular complexity index is 1130. The molecule has 150 valence electrons. The summed E-state index contributed by atoms with van der Waals surface area (Å²) in [6.07, 6.45) is 1.77. The molecule has 2 N–H and O–H groups in total. The molecular weight excluding hydrogens is 366 g/mol. The number of aromatic nitrogens is 2. The van der Waals surface area contributed by atoms with Gasteiger partial charge in [0, 0.05) is 42.2 Å². The number of aryl methyl sites for hydroxylation is 2. The Kier molecular flexibility index (Phi) is 6.12. The maximum Gasteiger partial charge on any atom is 0.253 e. The predicted molar refractivity (Wildman–Crippen MR) is 113 cm³/mol. The highest BCUT2D eigenvalue weighted by Gasteiger charge is 2.11. The number of pyridine rings is 2. The Morgan fingerprint density at radius 2 is 1.83 bits per heavy atom. The van der Waals surface area contributed by atoms with Gasteiger partial charge in [-0.15, -0.1) is 0 Å². The average molecular weight is 391 g/mol. The van der Waals surface area contributed by atoms with Crippen LogP contribution >= 0.6 is 0 Å². The topological polar surface area (TPSA) is 84.0 Å². The second-order valence-electron chi connectivity index (χ2n) is 7.34. The van der Waals surface area contributed by atoms with Crippen molar-refractivity contribution in [1.29, 1.82) is 0 Å². The minimum Gasteiger partial charge on any atom is -0.348 e. The molecule has 0 aliphatic heterocycles. The van der Waals surface area contributed by atoms with Crippen molar-refractivity contribution in [2.24, 2.45) is 0 Å². The summed E-state index contributed by atoms with van der Waals surface area (Å²) >= 11 is 0. The summed E-state index contributed by atoms with van der Waals surface area (Å²) in [6.45, 7) is 6.47. The Labute approximate surface area is 169 Å². The molecule has 0 saturated heterocycles. The molecule has 0 bridgehead atoms. The summed E-state index contributed by atoms with van der Waals surface area (Å²) in [4.78, 5) is 39.2. The highest BCUT2D eigenvalue weighted by Crippen LogP contribution is 2.17. The lowest BCUT2D eigenvalue weighted by Crippen LogP contribution is -2.28. The molecule has 0 spiro atoms. The standard InChI is InChI=1S/C23H25N3O3/c1-15-12-17(3)25-23(29)20(15)13-24-22(28)19-9-7-18(8-10-19)16(2)14-26-11-5-4-6-21(26)27/h4-12,16H,13-14H2,1-3H3,(H,24,28)(H,25,29). The van der Waals surface area contributed by atoms with E-state index in [0.717, 1.165) is 16.8 Å². The first kappa shape index (κ1) is 20.3. The molecule has 1 atom stereocenters. The first-order valence-corrected chi connectivity index (χ1v) is 9.58. The van der Waals surface area contributed by atoms with Crippen LogP contribution in [0.1, 0.15) is 45.6 Å². The lowest BCUT2D eigenvalue weighted by molar-refractivity contribution is 0.0950. The lowest BCUT2D eigenvalue weighted by Gasteiger charge is -2.14. The van der Waals surface area contributed by atoms with Crippen molar-refractivity contribution in [2.75, 3.05) is 0 Å². The molecule has 1 aromatic carbocycles. The fourth-order valence-electron chi connectivity index (χ4n) is 3.35. The zero-order valence-electron chi connectivity index (χ0n) is 16.9. The molecule has 3 aromatic rings. The summed E-state index contributed by atoms with van der Waals surface area (Å²) < 4.78 is 1.67. The van der Waals surface area contributed by atoms with E-state index in [0.29, 0.717) is 17.7 Å². The third kappa shape index (κ3) is 4.90. The first-order chi connectivity index (χ1) is 13.8. The van der Waals surface area contributed by atoms with Crippen molar-refractivity contribution in [1.82, 2.24) is 14.9 Å². The van der Waals surface area contributed by atoms with Gasteiger partial charge in [0.05, 0.1) is 0 Å². The monoisotopic (exact) mass is 391 g/mol. The van der Waals surface area contributed by atoms with E-state index in [2.05, 4.69) is 10.3 Å². The summed E-state index contributed by atoms with van der Waals surface area (Å²) in [5.41, 5.74) is 3.57. The van der Waals surface area contributed by atoms with Gasteiger partial charge in [-0.2, -0.15) is 0 Å². The Morgan fingerprint density at radius 3 is 2.48 bits per heavy atom. The number of H-pyrrole nitrogens is 1. The van der Waals surface area contributed by atoms with E-state index >= 15 is 0 Å². The summed E-state index contributed by atoms with van der Waals surface area (Å²) in [5, 5.41) is 2.81. The Balaban J connectivity index is 1.65. The van der Waals surface area contributed by atoms with Crippen LogP contribution in [0.15, 0.2) is 64.3 Å². The highest BCUT2D eigenvalue weighted by molar-refractivity contribution is 5.94. The number of nitrogens with zero attached hydrogens (tertiary/aromatic N) is 1. The predicted octanol–water partition coefficient (Wildman–Crippen LogP) is 2.89. The molecule has 1 unspecified atom stereocenters. The van der Waals surface area contributed by atoms with Crippen LogP contribution < -0.4 is 16.4 Å². The Hall–Kier alpha value is -3.41. The van der Waals surface area contributed by atoms with Gasteiger partial charge in [0.15, 0.2) is 0 Å². The minimum atomic E-state index is -0.233. The van der Waals surface area contributed by atoms with Crippen LogP contribution in [0.5, 0.6) is 0 Å². The number of benzene rings is 1. The number of carbonyl (C=O) groups excluding carboxylic acids is 1.